The Morgan fingerprint density at radius 2 is 2.14 bits per heavy atom. The van der Waals surface area contributed by atoms with Crippen molar-refractivity contribution in [2.45, 2.75) is 37.3 Å². The molecule has 3 atom stereocenters. The van der Waals surface area contributed by atoms with Crippen LogP contribution < -0.4 is 5.32 Å². The fourth-order valence-corrected chi connectivity index (χ4v) is 3.60. The average Bonchev–Trinajstić information content (AvgIpc) is 3.12. The Balaban J connectivity index is 1.54. The topological polar surface area (TPSA) is 61.8 Å². The summed E-state index contributed by atoms with van der Waals surface area (Å²) in [6, 6.07) is 7.30. The second-order valence-electron chi connectivity index (χ2n) is 5.93. The van der Waals surface area contributed by atoms with Crippen LogP contribution in [0.2, 0.25) is 0 Å². The number of para-hydroxylation sites is 1. The van der Waals surface area contributed by atoms with E-state index in [9.17, 15) is 9.59 Å². The lowest BCUT2D eigenvalue weighted by molar-refractivity contribution is -0.147. The van der Waals surface area contributed by atoms with E-state index < -0.39 is 6.04 Å². The van der Waals surface area contributed by atoms with Crippen LogP contribution in [0.1, 0.15) is 30.7 Å². The van der Waals surface area contributed by atoms with E-state index in [1.807, 2.05) is 30.5 Å². The zero-order valence-electron chi connectivity index (χ0n) is 11.7. The molecule has 2 amide bonds. The summed E-state index contributed by atoms with van der Waals surface area (Å²) in [6.07, 6.45) is 4.19. The molecule has 1 aromatic rings. The normalized spacial score (nSPS) is 30.3. The van der Waals surface area contributed by atoms with Gasteiger partial charge in [0.15, 0.2) is 0 Å². The van der Waals surface area contributed by atoms with Crippen LogP contribution in [0.25, 0.3) is 0 Å². The minimum atomic E-state index is -0.422. The molecule has 3 aliphatic rings. The Bertz CT molecular complexity index is 640. The SMILES string of the molecule is O=C1NC(CC2C=Nc3ccccc32)C(=O)N2CCCC12. The van der Waals surface area contributed by atoms with Crippen molar-refractivity contribution in [3.63, 3.8) is 0 Å². The van der Waals surface area contributed by atoms with E-state index in [-0.39, 0.29) is 23.8 Å². The summed E-state index contributed by atoms with van der Waals surface area (Å²) in [5.74, 6) is 0.171. The third kappa shape index (κ3) is 1.95. The first kappa shape index (κ1) is 12.6. The molecule has 3 heterocycles. The number of piperazine rings is 1. The van der Waals surface area contributed by atoms with Gasteiger partial charge in [-0.15, -0.1) is 0 Å². The largest absolute Gasteiger partial charge is 0.342 e. The number of fused-ring (bicyclic) bond motifs is 2. The smallest absolute Gasteiger partial charge is 0.245 e. The van der Waals surface area contributed by atoms with Gasteiger partial charge in [-0.3, -0.25) is 14.6 Å². The fraction of sp³-hybridized carbons (Fsp3) is 0.438. The van der Waals surface area contributed by atoms with Crippen LogP contribution >= 0.6 is 0 Å². The van der Waals surface area contributed by atoms with Crippen LogP contribution in [-0.4, -0.2) is 41.6 Å². The zero-order chi connectivity index (χ0) is 14.4. The lowest BCUT2D eigenvalue weighted by atomic mass is 9.92. The van der Waals surface area contributed by atoms with Gasteiger partial charge in [0.25, 0.3) is 0 Å². The fourth-order valence-electron chi connectivity index (χ4n) is 3.60. The maximum Gasteiger partial charge on any atom is 0.245 e. The van der Waals surface area contributed by atoms with Crippen molar-refractivity contribution >= 4 is 23.7 Å². The molecule has 1 aromatic carbocycles. The average molecular weight is 283 g/mol. The van der Waals surface area contributed by atoms with E-state index in [0.29, 0.717) is 13.0 Å². The van der Waals surface area contributed by atoms with Gasteiger partial charge in [0, 0.05) is 18.7 Å². The molecule has 0 bridgehead atoms. The van der Waals surface area contributed by atoms with Crippen LogP contribution in [0, 0.1) is 0 Å². The monoisotopic (exact) mass is 283 g/mol. The van der Waals surface area contributed by atoms with Crippen LogP contribution in [0.3, 0.4) is 0 Å². The van der Waals surface area contributed by atoms with Gasteiger partial charge >= 0.3 is 0 Å². The molecule has 0 saturated carbocycles. The maximum atomic E-state index is 12.5. The summed E-state index contributed by atoms with van der Waals surface area (Å²) in [7, 11) is 0. The minimum Gasteiger partial charge on any atom is -0.342 e. The van der Waals surface area contributed by atoms with Gasteiger partial charge in [0.05, 0.1) is 5.69 Å². The van der Waals surface area contributed by atoms with Crippen molar-refractivity contribution in [2.75, 3.05) is 6.54 Å². The van der Waals surface area contributed by atoms with Gasteiger partial charge in [-0.1, -0.05) is 18.2 Å². The minimum absolute atomic E-state index is 0.000297. The predicted octanol–water partition coefficient (Wildman–Crippen LogP) is 1.37. The number of carbonyl (C=O) groups excluding carboxylic acids is 2. The number of aliphatic imine (C=N–C) groups is 1. The number of carbonyl (C=O) groups is 2. The Kier molecular flexibility index (Phi) is 2.80. The van der Waals surface area contributed by atoms with Gasteiger partial charge in [-0.25, -0.2) is 0 Å². The van der Waals surface area contributed by atoms with E-state index in [0.717, 1.165) is 24.1 Å². The number of benzene rings is 1. The summed E-state index contributed by atoms with van der Waals surface area (Å²) < 4.78 is 0. The predicted molar refractivity (Wildman–Crippen MR) is 78.6 cm³/mol. The van der Waals surface area contributed by atoms with Crippen molar-refractivity contribution in [1.82, 2.24) is 10.2 Å². The van der Waals surface area contributed by atoms with E-state index in [1.54, 1.807) is 4.90 Å². The van der Waals surface area contributed by atoms with Crippen molar-refractivity contribution in [3.8, 4) is 0 Å². The van der Waals surface area contributed by atoms with Crippen molar-refractivity contribution in [3.05, 3.63) is 29.8 Å². The van der Waals surface area contributed by atoms with Crippen LogP contribution in [-0.2, 0) is 9.59 Å². The second-order valence-corrected chi connectivity index (χ2v) is 5.93. The summed E-state index contributed by atoms with van der Waals surface area (Å²) in [5.41, 5.74) is 2.11. The molecule has 0 radical (unpaired) electrons. The number of hydrogen-bond acceptors (Lipinski definition) is 3. The first-order valence-corrected chi connectivity index (χ1v) is 7.48. The summed E-state index contributed by atoms with van der Waals surface area (Å²) in [5, 5.41) is 2.90. The first-order valence-electron chi connectivity index (χ1n) is 7.48. The number of nitrogens with one attached hydrogen (secondary N) is 1. The lowest BCUT2D eigenvalue weighted by Crippen LogP contribution is -2.61. The Hall–Kier alpha value is -2.17. The molecule has 4 rings (SSSR count). The van der Waals surface area contributed by atoms with E-state index in [1.165, 1.54) is 0 Å². The lowest BCUT2D eigenvalue weighted by Gasteiger charge is -2.35. The standard InChI is InChI=1S/C16H17N3O2/c20-15-14-6-3-7-19(14)16(21)13(18-15)8-10-9-17-12-5-2-1-4-11(10)12/h1-2,4-5,9-10,13-14H,3,6-8H2,(H,18,20). The number of rotatable bonds is 2. The van der Waals surface area contributed by atoms with E-state index in [4.69, 9.17) is 0 Å². The summed E-state index contributed by atoms with van der Waals surface area (Å²) in [6.45, 7) is 0.711. The molecule has 5 nitrogen and oxygen atoms in total. The molecule has 0 aliphatic carbocycles. The summed E-state index contributed by atoms with van der Waals surface area (Å²) >= 11 is 0. The first-order chi connectivity index (χ1) is 10.2. The van der Waals surface area contributed by atoms with Gasteiger partial charge < -0.3 is 10.2 Å². The van der Waals surface area contributed by atoms with E-state index >= 15 is 0 Å². The summed E-state index contributed by atoms with van der Waals surface area (Å²) in [4.78, 5) is 30.8. The molecule has 3 unspecified atom stereocenters. The molecule has 108 valence electrons. The molecule has 21 heavy (non-hydrogen) atoms. The van der Waals surface area contributed by atoms with Gasteiger partial charge in [0.1, 0.15) is 12.1 Å². The Morgan fingerprint density at radius 1 is 1.29 bits per heavy atom. The number of nitrogens with zero attached hydrogens (tertiary/aromatic N) is 2. The van der Waals surface area contributed by atoms with Crippen molar-refractivity contribution in [2.24, 2.45) is 4.99 Å². The van der Waals surface area contributed by atoms with Gasteiger partial charge in [-0.2, -0.15) is 0 Å². The third-order valence-electron chi connectivity index (χ3n) is 4.67. The van der Waals surface area contributed by atoms with Crippen molar-refractivity contribution in [1.29, 1.82) is 0 Å². The van der Waals surface area contributed by atoms with Crippen LogP contribution in [0.5, 0.6) is 0 Å². The zero-order valence-corrected chi connectivity index (χ0v) is 11.7. The van der Waals surface area contributed by atoms with Gasteiger partial charge in [0.2, 0.25) is 11.8 Å². The molecule has 1 N–H and O–H groups in total. The molecule has 0 spiro atoms. The second kappa shape index (κ2) is 4.69. The molecule has 0 aromatic heterocycles. The Morgan fingerprint density at radius 3 is 3.05 bits per heavy atom. The van der Waals surface area contributed by atoms with Crippen molar-refractivity contribution < 1.29 is 9.59 Å². The molecule has 2 saturated heterocycles. The highest BCUT2D eigenvalue weighted by Gasteiger charge is 2.43. The van der Waals surface area contributed by atoms with Crippen LogP contribution in [0.4, 0.5) is 5.69 Å². The number of amides is 2. The molecule has 5 heteroatoms. The van der Waals surface area contributed by atoms with Crippen LogP contribution in [0.15, 0.2) is 29.3 Å². The quantitative estimate of drug-likeness (QED) is 0.891. The third-order valence-corrected chi connectivity index (χ3v) is 4.67. The highest BCUT2D eigenvalue weighted by atomic mass is 16.2. The molecular formula is C16H17N3O2. The number of hydrogen-bond donors (Lipinski definition) is 1. The molecule has 3 aliphatic heterocycles. The van der Waals surface area contributed by atoms with Gasteiger partial charge in [-0.05, 0) is 30.9 Å². The van der Waals surface area contributed by atoms with E-state index in [2.05, 4.69) is 10.3 Å². The Labute approximate surface area is 123 Å². The highest BCUT2D eigenvalue weighted by molar-refractivity contribution is 5.97. The highest BCUT2D eigenvalue weighted by Crippen LogP contribution is 2.35. The molecular weight excluding hydrogens is 266 g/mol. The molecule has 2 fully saturated rings. The maximum absolute atomic E-state index is 12.5.